The molecule has 26 heavy (non-hydrogen) atoms. The number of aromatic amines is 1. The van der Waals surface area contributed by atoms with Gasteiger partial charge in [0.2, 0.25) is 0 Å². The number of aromatic nitrogens is 5. The molecular weight excluding hydrogens is 334 g/mol. The normalized spacial score (nSPS) is 11.3. The van der Waals surface area contributed by atoms with E-state index in [-0.39, 0.29) is 5.56 Å². The molecular formula is C18H19N5O3. The summed E-state index contributed by atoms with van der Waals surface area (Å²) in [4.78, 5) is 24.5. The van der Waals surface area contributed by atoms with E-state index in [4.69, 9.17) is 9.47 Å². The molecule has 8 heteroatoms. The first-order chi connectivity index (χ1) is 12.7. The molecule has 0 saturated heterocycles. The molecule has 0 amide bonds. The Kier molecular flexibility index (Phi) is 4.08. The molecule has 1 N–H and O–H groups in total. The summed E-state index contributed by atoms with van der Waals surface area (Å²) < 4.78 is 14.3. The minimum atomic E-state index is -0.0882. The maximum atomic E-state index is 12.8. The first kappa shape index (κ1) is 16.2. The van der Waals surface area contributed by atoms with E-state index in [1.807, 2.05) is 22.9 Å². The summed E-state index contributed by atoms with van der Waals surface area (Å²) in [6, 6.07) is 3.65. The number of rotatable bonds is 6. The lowest BCUT2D eigenvalue weighted by molar-refractivity contribution is 0.356. The highest BCUT2D eigenvalue weighted by atomic mass is 16.5. The molecule has 0 fully saturated rings. The Bertz CT molecular complexity index is 1110. The van der Waals surface area contributed by atoms with Crippen molar-refractivity contribution in [3.05, 3.63) is 47.5 Å². The molecule has 8 nitrogen and oxygen atoms in total. The zero-order chi connectivity index (χ0) is 18.1. The number of nitrogens with zero attached hydrogens (tertiary/aromatic N) is 4. The summed E-state index contributed by atoms with van der Waals surface area (Å²) in [7, 11) is 3.16. The average molecular weight is 353 g/mol. The lowest BCUT2D eigenvalue weighted by Gasteiger charge is -2.07. The van der Waals surface area contributed by atoms with Gasteiger partial charge < -0.3 is 19.0 Å². The minimum Gasteiger partial charge on any atom is -0.493 e. The fraction of sp³-hybridized carbons (Fsp3) is 0.278. The fourth-order valence-corrected chi connectivity index (χ4v) is 3.12. The fourth-order valence-electron chi connectivity index (χ4n) is 3.12. The zero-order valence-electron chi connectivity index (χ0n) is 14.6. The summed E-state index contributed by atoms with van der Waals surface area (Å²) in [5, 5.41) is 0.834. The second-order valence-corrected chi connectivity index (χ2v) is 6.00. The molecule has 3 heterocycles. The maximum Gasteiger partial charge on any atom is 0.277 e. The van der Waals surface area contributed by atoms with E-state index in [1.54, 1.807) is 37.6 Å². The number of H-pyrrole nitrogens is 1. The third kappa shape index (κ3) is 2.69. The topological polar surface area (TPSA) is 87.0 Å². The Morgan fingerprint density at radius 2 is 1.92 bits per heavy atom. The second kappa shape index (κ2) is 6.55. The standard InChI is InChI=1S/C18H19N5O3/c1-25-14-8-12-13(9-15(14)26-2)21-17-16(12)20-11-23(18(17)24)6-3-5-22-7-4-19-10-22/h4,7-11,21H,3,5-6H2,1-2H3. The summed E-state index contributed by atoms with van der Waals surface area (Å²) in [6.45, 7) is 1.38. The van der Waals surface area contributed by atoms with E-state index in [0.29, 0.717) is 29.1 Å². The van der Waals surface area contributed by atoms with E-state index >= 15 is 0 Å². The number of hydrogen-bond donors (Lipinski definition) is 1. The van der Waals surface area contributed by atoms with Gasteiger partial charge in [0.1, 0.15) is 11.0 Å². The summed E-state index contributed by atoms with van der Waals surface area (Å²) in [6.07, 6.45) is 7.83. The molecule has 4 aromatic rings. The lowest BCUT2D eigenvalue weighted by Crippen LogP contribution is -2.21. The minimum absolute atomic E-state index is 0.0882. The van der Waals surface area contributed by atoms with Crippen molar-refractivity contribution in [2.75, 3.05) is 14.2 Å². The number of ether oxygens (including phenoxy) is 2. The monoisotopic (exact) mass is 353 g/mol. The molecule has 134 valence electrons. The molecule has 4 rings (SSSR count). The van der Waals surface area contributed by atoms with Gasteiger partial charge in [-0.15, -0.1) is 0 Å². The average Bonchev–Trinajstić information content (AvgIpc) is 3.30. The number of methoxy groups -OCH3 is 2. The molecule has 0 atom stereocenters. The Morgan fingerprint density at radius 1 is 1.12 bits per heavy atom. The van der Waals surface area contributed by atoms with Crippen molar-refractivity contribution in [1.82, 2.24) is 24.1 Å². The van der Waals surface area contributed by atoms with Gasteiger partial charge in [-0.3, -0.25) is 9.36 Å². The number of benzene rings is 1. The molecule has 0 saturated carbocycles. The quantitative estimate of drug-likeness (QED) is 0.574. The van der Waals surface area contributed by atoms with E-state index in [2.05, 4.69) is 15.0 Å². The molecule has 0 spiro atoms. The molecule has 3 aromatic heterocycles. The Labute approximate surface area is 149 Å². The highest BCUT2D eigenvalue weighted by Gasteiger charge is 2.14. The maximum absolute atomic E-state index is 12.8. The van der Waals surface area contributed by atoms with Gasteiger partial charge in [-0.1, -0.05) is 0 Å². The molecule has 0 aliphatic rings. The van der Waals surface area contributed by atoms with Crippen molar-refractivity contribution >= 4 is 21.9 Å². The number of fused-ring (bicyclic) bond motifs is 3. The van der Waals surface area contributed by atoms with Crippen LogP contribution in [-0.4, -0.2) is 38.3 Å². The van der Waals surface area contributed by atoms with Crippen LogP contribution in [0.25, 0.3) is 21.9 Å². The predicted molar refractivity (Wildman–Crippen MR) is 97.8 cm³/mol. The molecule has 0 unspecified atom stereocenters. The van der Waals surface area contributed by atoms with Crippen LogP contribution in [0.2, 0.25) is 0 Å². The van der Waals surface area contributed by atoms with Gasteiger partial charge in [0.05, 0.1) is 32.4 Å². The number of nitrogens with one attached hydrogen (secondary N) is 1. The molecule has 0 radical (unpaired) electrons. The van der Waals surface area contributed by atoms with Crippen molar-refractivity contribution in [2.24, 2.45) is 0 Å². The second-order valence-electron chi connectivity index (χ2n) is 6.00. The van der Waals surface area contributed by atoms with Crippen molar-refractivity contribution in [1.29, 1.82) is 0 Å². The van der Waals surface area contributed by atoms with Crippen LogP contribution in [0.4, 0.5) is 0 Å². The predicted octanol–water partition coefficient (Wildman–Crippen LogP) is 2.18. The largest absolute Gasteiger partial charge is 0.493 e. The SMILES string of the molecule is COc1cc2[nH]c3c(=O)n(CCCn4ccnc4)cnc3c2cc1OC. The molecule has 1 aromatic carbocycles. The lowest BCUT2D eigenvalue weighted by atomic mass is 10.2. The Morgan fingerprint density at radius 3 is 2.65 bits per heavy atom. The van der Waals surface area contributed by atoms with Crippen molar-refractivity contribution < 1.29 is 9.47 Å². The molecule has 0 aliphatic heterocycles. The third-order valence-corrected chi connectivity index (χ3v) is 4.45. The third-order valence-electron chi connectivity index (χ3n) is 4.45. The summed E-state index contributed by atoms with van der Waals surface area (Å²) in [5.74, 6) is 1.21. The van der Waals surface area contributed by atoms with Crippen molar-refractivity contribution in [3.8, 4) is 11.5 Å². The van der Waals surface area contributed by atoms with Crippen LogP contribution in [-0.2, 0) is 13.1 Å². The van der Waals surface area contributed by atoms with E-state index in [0.717, 1.165) is 23.9 Å². The number of imidazole rings is 1. The Balaban J connectivity index is 1.70. The first-order valence-electron chi connectivity index (χ1n) is 8.30. The van der Waals surface area contributed by atoms with Crippen LogP contribution in [0.5, 0.6) is 11.5 Å². The summed E-state index contributed by atoms with van der Waals surface area (Å²) in [5.41, 5.74) is 1.82. The van der Waals surface area contributed by atoms with E-state index in [1.165, 1.54) is 0 Å². The van der Waals surface area contributed by atoms with Gasteiger partial charge in [0, 0.05) is 36.9 Å². The first-order valence-corrected chi connectivity index (χ1v) is 8.30. The van der Waals surface area contributed by atoms with Crippen LogP contribution in [0.1, 0.15) is 6.42 Å². The van der Waals surface area contributed by atoms with Gasteiger partial charge in [0.25, 0.3) is 5.56 Å². The van der Waals surface area contributed by atoms with Crippen molar-refractivity contribution in [3.63, 3.8) is 0 Å². The number of aryl methyl sites for hydroxylation is 2. The van der Waals surface area contributed by atoms with Crippen LogP contribution in [0.3, 0.4) is 0 Å². The number of hydrogen-bond acceptors (Lipinski definition) is 5. The van der Waals surface area contributed by atoms with Crippen LogP contribution in [0, 0.1) is 0 Å². The molecule has 0 bridgehead atoms. The van der Waals surface area contributed by atoms with Gasteiger partial charge >= 0.3 is 0 Å². The van der Waals surface area contributed by atoms with Crippen molar-refractivity contribution in [2.45, 2.75) is 19.5 Å². The van der Waals surface area contributed by atoms with Gasteiger partial charge in [-0.25, -0.2) is 9.97 Å². The van der Waals surface area contributed by atoms with Crippen LogP contribution in [0.15, 0.2) is 42.0 Å². The van der Waals surface area contributed by atoms with Gasteiger partial charge in [-0.05, 0) is 12.5 Å². The highest BCUT2D eigenvalue weighted by molar-refractivity contribution is 6.05. The summed E-state index contributed by atoms with van der Waals surface area (Å²) >= 11 is 0. The van der Waals surface area contributed by atoms with Crippen LogP contribution >= 0.6 is 0 Å². The smallest absolute Gasteiger partial charge is 0.277 e. The highest BCUT2D eigenvalue weighted by Crippen LogP contribution is 2.34. The Hall–Kier alpha value is -3.29. The molecule has 0 aliphatic carbocycles. The van der Waals surface area contributed by atoms with Gasteiger partial charge in [0.15, 0.2) is 11.5 Å². The zero-order valence-corrected chi connectivity index (χ0v) is 14.6. The van der Waals surface area contributed by atoms with E-state index in [9.17, 15) is 4.79 Å². The van der Waals surface area contributed by atoms with Gasteiger partial charge in [-0.2, -0.15) is 0 Å². The van der Waals surface area contributed by atoms with Crippen LogP contribution < -0.4 is 15.0 Å². The van der Waals surface area contributed by atoms with E-state index < -0.39 is 0 Å².